The summed E-state index contributed by atoms with van der Waals surface area (Å²) >= 11 is 1.67. The Morgan fingerprint density at radius 2 is 2.37 bits per heavy atom. The number of nitrogens with two attached hydrogens (primary N) is 1. The van der Waals surface area contributed by atoms with Crippen molar-refractivity contribution < 1.29 is 9.26 Å². The van der Waals surface area contributed by atoms with Gasteiger partial charge in [-0.15, -0.1) is 11.3 Å². The predicted molar refractivity (Wildman–Crippen MR) is 76.1 cm³/mol. The summed E-state index contributed by atoms with van der Waals surface area (Å²) in [5.41, 5.74) is 7.86. The van der Waals surface area contributed by atoms with E-state index < -0.39 is 0 Å². The van der Waals surface area contributed by atoms with Crippen molar-refractivity contribution in [3.63, 3.8) is 0 Å². The van der Waals surface area contributed by atoms with Crippen molar-refractivity contribution >= 4 is 17.2 Å². The van der Waals surface area contributed by atoms with E-state index in [1.807, 2.05) is 18.4 Å². The summed E-state index contributed by atoms with van der Waals surface area (Å²) in [6, 6.07) is 4.07. The van der Waals surface area contributed by atoms with Crippen LogP contribution in [-0.2, 0) is 11.2 Å². The van der Waals surface area contributed by atoms with Crippen molar-refractivity contribution in [1.82, 2.24) is 5.16 Å². The summed E-state index contributed by atoms with van der Waals surface area (Å²) in [5.74, 6) is 1.07. The molecule has 0 radical (unpaired) electrons. The van der Waals surface area contributed by atoms with Crippen LogP contribution >= 0.6 is 11.3 Å². The first-order valence-electron chi connectivity index (χ1n) is 6.67. The highest BCUT2D eigenvalue weighted by molar-refractivity contribution is 7.13. The van der Waals surface area contributed by atoms with Crippen LogP contribution in [-0.4, -0.2) is 17.9 Å². The molecule has 0 aromatic carbocycles. The van der Waals surface area contributed by atoms with Crippen molar-refractivity contribution in [3.8, 4) is 10.4 Å². The minimum Gasteiger partial charge on any atom is -0.378 e. The molecule has 0 atom stereocenters. The molecule has 0 aliphatic heterocycles. The number of nitrogen functional groups attached to an aromatic ring is 1. The average molecular weight is 278 g/mol. The van der Waals surface area contributed by atoms with Crippen LogP contribution in [0.25, 0.3) is 10.4 Å². The van der Waals surface area contributed by atoms with E-state index in [2.05, 4.69) is 11.2 Å². The molecule has 1 fully saturated rings. The molecule has 3 rings (SSSR count). The second kappa shape index (κ2) is 5.35. The van der Waals surface area contributed by atoms with Crippen LogP contribution in [0.5, 0.6) is 0 Å². The molecular weight excluding hydrogens is 260 g/mol. The third kappa shape index (κ3) is 2.53. The molecule has 1 aliphatic carbocycles. The number of hydrogen-bond donors (Lipinski definition) is 1. The molecule has 0 spiro atoms. The number of aromatic nitrogens is 1. The van der Waals surface area contributed by atoms with Gasteiger partial charge >= 0.3 is 0 Å². The first kappa shape index (κ1) is 12.7. The number of hydrogen-bond acceptors (Lipinski definition) is 5. The summed E-state index contributed by atoms with van der Waals surface area (Å²) in [6.45, 7) is 2.84. The molecule has 1 saturated carbocycles. The van der Waals surface area contributed by atoms with E-state index in [-0.39, 0.29) is 0 Å². The monoisotopic (exact) mass is 278 g/mol. The first-order valence-corrected chi connectivity index (χ1v) is 7.55. The van der Waals surface area contributed by atoms with Gasteiger partial charge in [-0.25, -0.2) is 0 Å². The van der Waals surface area contributed by atoms with Gasteiger partial charge in [-0.2, -0.15) is 0 Å². The zero-order chi connectivity index (χ0) is 13.2. The summed E-state index contributed by atoms with van der Waals surface area (Å²) in [5, 5.41) is 6.17. The van der Waals surface area contributed by atoms with Crippen LogP contribution in [0, 0.1) is 5.92 Å². The maximum absolute atomic E-state index is 5.90. The molecule has 5 heteroatoms. The normalized spacial score (nSPS) is 22.4. The van der Waals surface area contributed by atoms with Gasteiger partial charge in [0.1, 0.15) is 0 Å². The largest absolute Gasteiger partial charge is 0.378 e. The Morgan fingerprint density at radius 1 is 1.53 bits per heavy atom. The molecule has 19 heavy (non-hydrogen) atoms. The van der Waals surface area contributed by atoms with Crippen molar-refractivity contribution in [2.45, 2.75) is 32.3 Å². The summed E-state index contributed by atoms with van der Waals surface area (Å²) in [4.78, 5) is 1.13. The first-order chi connectivity index (χ1) is 9.28. The van der Waals surface area contributed by atoms with Crippen LogP contribution in [0.15, 0.2) is 22.0 Å². The molecule has 2 aromatic rings. The van der Waals surface area contributed by atoms with E-state index in [0.717, 1.165) is 42.0 Å². The topological polar surface area (TPSA) is 61.3 Å². The van der Waals surface area contributed by atoms with Crippen LogP contribution in [0.2, 0.25) is 0 Å². The quantitative estimate of drug-likeness (QED) is 0.911. The summed E-state index contributed by atoms with van der Waals surface area (Å²) in [6.07, 6.45) is 3.59. The maximum atomic E-state index is 5.90. The Labute approximate surface area is 116 Å². The standard InChI is InChI=1S/C14H18N2O2S/c1-2-17-10-6-9(7-10)8-11-13(14(15)18-16-11)12-4-3-5-19-12/h3-5,9-10H,2,6-8,15H2,1H3. The van der Waals surface area contributed by atoms with Crippen LogP contribution in [0.1, 0.15) is 25.5 Å². The lowest BCUT2D eigenvalue weighted by molar-refractivity contribution is -0.0244. The van der Waals surface area contributed by atoms with E-state index >= 15 is 0 Å². The lowest BCUT2D eigenvalue weighted by atomic mass is 9.79. The van der Waals surface area contributed by atoms with E-state index in [1.165, 1.54) is 0 Å². The fraction of sp³-hybridized carbons (Fsp3) is 0.500. The van der Waals surface area contributed by atoms with Gasteiger partial charge in [0.05, 0.1) is 17.4 Å². The maximum Gasteiger partial charge on any atom is 0.231 e. The Balaban J connectivity index is 1.70. The zero-order valence-corrected chi connectivity index (χ0v) is 11.8. The number of rotatable bonds is 5. The Morgan fingerprint density at radius 3 is 3.05 bits per heavy atom. The van der Waals surface area contributed by atoms with Gasteiger partial charge in [-0.05, 0) is 43.6 Å². The molecule has 4 nitrogen and oxygen atoms in total. The van der Waals surface area contributed by atoms with E-state index in [1.54, 1.807) is 11.3 Å². The Bertz CT molecular complexity index is 530. The third-order valence-corrected chi connectivity index (χ3v) is 4.52. The van der Waals surface area contributed by atoms with Gasteiger partial charge in [-0.1, -0.05) is 11.2 Å². The van der Waals surface area contributed by atoms with E-state index in [4.69, 9.17) is 15.0 Å². The van der Waals surface area contributed by atoms with Gasteiger partial charge in [0.25, 0.3) is 0 Å². The lowest BCUT2D eigenvalue weighted by Crippen LogP contribution is -2.32. The molecule has 0 unspecified atom stereocenters. The minimum atomic E-state index is 0.429. The fourth-order valence-electron chi connectivity index (χ4n) is 2.65. The average Bonchev–Trinajstić information content (AvgIpc) is 2.96. The van der Waals surface area contributed by atoms with Gasteiger partial charge in [-0.3, -0.25) is 0 Å². The SMILES string of the molecule is CCOC1CC(Cc2noc(N)c2-c2cccs2)C1. The highest BCUT2D eigenvalue weighted by atomic mass is 32.1. The summed E-state index contributed by atoms with van der Waals surface area (Å²) < 4.78 is 10.8. The van der Waals surface area contributed by atoms with Crippen LogP contribution < -0.4 is 5.73 Å². The van der Waals surface area contributed by atoms with Crippen molar-refractivity contribution in [3.05, 3.63) is 23.2 Å². The molecule has 102 valence electrons. The second-order valence-electron chi connectivity index (χ2n) is 4.96. The third-order valence-electron chi connectivity index (χ3n) is 3.63. The Hall–Kier alpha value is -1.33. The van der Waals surface area contributed by atoms with Gasteiger partial charge in [0, 0.05) is 11.5 Å². The van der Waals surface area contributed by atoms with Crippen molar-refractivity contribution in [2.24, 2.45) is 5.92 Å². The van der Waals surface area contributed by atoms with Gasteiger partial charge in [0.15, 0.2) is 0 Å². The minimum absolute atomic E-state index is 0.429. The number of nitrogens with zero attached hydrogens (tertiary/aromatic N) is 1. The van der Waals surface area contributed by atoms with Gasteiger partial charge in [0.2, 0.25) is 5.88 Å². The van der Waals surface area contributed by atoms with E-state index in [9.17, 15) is 0 Å². The van der Waals surface area contributed by atoms with E-state index in [0.29, 0.717) is 17.9 Å². The molecule has 0 amide bonds. The lowest BCUT2D eigenvalue weighted by Gasteiger charge is -2.34. The summed E-state index contributed by atoms with van der Waals surface area (Å²) in [7, 11) is 0. The van der Waals surface area contributed by atoms with Crippen LogP contribution in [0.3, 0.4) is 0 Å². The smallest absolute Gasteiger partial charge is 0.231 e. The number of ether oxygens (including phenoxy) is 1. The van der Waals surface area contributed by atoms with Crippen molar-refractivity contribution in [2.75, 3.05) is 12.3 Å². The predicted octanol–water partition coefficient (Wildman–Crippen LogP) is 3.34. The highest BCUT2D eigenvalue weighted by Gasteiger charge is 2.31. The fourth-order valence-corrected chi connectivity index (χ4v) is 3.45. The number of anilines is 1. The molecular formula is C14H18N2O2S. The highest BCUT2D eigenvalue weighted by Crippen LogP contribution is 2.38. The zero-order valence-electron chi connectivity index (χ0n) is 11.0. The Kier molecular flexibility index (Phi) is 3.57. The second-order valence-corrected chi connectivity index (χ2v) is 5.91. The molecule has 2 heterocycles. The molecule has 2 N–H and O–H groups in total. The molecule has 2 aromatic heterocycles. The number of thiophene rings is 1. The molecule has 0 bridgehead atoms. The van der Waals surface area contributed by atoms with Crippen molar-refractivity contribution in [1.29, 1.82) is 0 Å². The van der Waals surface area contributed by atoms with Crippen LogP contribution in [0.4, 0.5) is 5.88 Å². The molecule has 1 aliphatic rings. The van der Waals surface area contributed by atoms with Gasteiger partial charge < -0.3 is 15.0 Å². The molecule has 0 saturated heterocycles.